The van der Waals surface area contributed by atoms with Crippen molar-refractivity contribution < 1.29 is 9.59 Å². The van der Waals surface area contributed by atoms with E-state index >= 15 is 0 Å². The number of nitrogens with one attached hydrogen (secondary N) is 1. The van der Waals surface area contributed by atoms with Crippen LogP contribution in [-0.2, 0) is 9.59 Å². The first kappa shape index (κ1) is 14.7. The summed E-state index contributed by atoms with van der Waals surface area (Å²) in [7, 11) is 2.07. The van der Waals surface area contributed by atoms with E-state index in [1.807, 2.05) is 24.3 Å². The summed E-state index contributed by atoms with van der Waals surface area (Å²) in [6, 6.07) is 7.89. The number of hydrogen-bond acceptors (Lipinski definition) is 3. The van der Waals surface area contributed by atoms with Crippen molar-refractivity contribution in [3.05, 3.63) is 34.3 Å². The smallest absolute Gasteiger partial charge is 0.234 e. The van der Waals surface area contributed by atoms with Crippen LogP contribution in [0.3, 0.4) is 0 Å². The Bertz CT molecular complexity index is 572. The molecule has 0 radical (unpaired) electrons. The van der Waals surface area contributed by atoms with Crippen molar-refractivity contribution in [1.29, 1.82) is 0 Å². The predicted octanol–water partition coefficient (Wildman–Crippen LogP) is 2.29. The standard InChI is InChI=1S/C16H19BrN2O2/c1-19-8-2-7-16(10-19)9-13(20)18-15(21)14(16)11-3-5-12(17)6-4-11/h3-6,14H,2,7-10H2,1H3,(H,18,20,21). The van der Waals surface area contributed by atoms with Crippen LogP contribution in [0.15, 0.2) is 28.7 Å². The molecule has 1 N–H and O–H groups in total. The summed E-state index contributed by atoms with van der Waals surface area (Å²) < 4.78 is 0.994. The van der Waals surface area contributed by atoms with Gasteiger partial charge >= 0.3 is 0 Å². The zero-order valence-corrected chi connectivity index (χ0v) is 13.6. The number of amides is 2. The average Bonchev–Trinajstić information content (AvgIpc) is 2.39. The maximum absolute atomic E-state index is 12.5. The first-order valence-corrected chi connectivity index (χ1v) is 8.07. The van der Waals surface area contributed by atoms with E-state index < -0.39 is 0 Å². The first-order valence-electron chi connectivity index (χ1n) is 7.28. The fourth-order valence-corrected chi connectivity index (χ4v) is 4.15. The summed E-state index contributed by atoms with van der Waals surface area (Å²) in [5, 5.41) is 2.52. The minimum atomic E-state index is -0.264. The Morgan fingerprint density at radius 3 is 2.67 bits per heavy atom. The summed E-state index contributed by atoms with van der Waals surface area (Å²) in [6.45, 7) is 1.83. The molecule has 2 amide bonds. The molecule has 1 aromatic rings. The number of rotatable bonds is 1. The minimum Gasteiger partial charge on any atom is -0.306 e. The Balaban J connectivity index is 2.02. The van der Waals surface area contributed by atoms with Crippen LogP contribution < -0.4 is 5.32 Å². The maximum atomic E-state index is 12.5. The second kappa shape index (κ2) is 5.54. The van der Waals surface area contributed by atoms with Gasteiger partial charge in [0.15, 0.2) is 0 Å². The molecule has 2 atom stereocenters. The lowest BCUT2D eigenvalue weighted by Crippen LogP contribution is -2.56. The maximum Gasteiger partial charge on any atom is 0.234 e. The van der Waals surface area contributed by atoms with Gasteiger partial charge in [0.1, 0.15) is 0 Å². The van der Waals surface area contributed by atoms with Crippen LogP contribution >= 0.6 is 15.9 Å². The Kier molecular flexibility index (Phi) is 3.88. The van der Waals surface area contributed by atoms with Gasteiger partial charge in [-0.15, -0.1) is 0 Å². The summed E-state index contributed by atoms with van der Waals surface area (Å²) in [4.78, 5) is 26.7. The van der Waals surface area contributed by atoms with E-state index in [2.05, 4.69) is 33.2 Å². The van der Waals surface area contributed by atoms with E-state index in [0.29, 0.717) is 6.42 Å². The molecule has 21 heavy (non-hydrogen) atoms. The molecule has 0 aromatic heterocycles. The van der Waals surface area contributed by atoms with Gasteiger partial charge in [0.25, 0.3) is 0 Å². The largest absolute Gasteiger partial charge is 0.306 e. The van der Waals surface area contributed by atoms with Crippen molar-refractivity contribution in [3.8, 4) is 0 Å². The number of benzene rings is 1. The monoisotopic (exact) mass is 350 g/mol. The number of hydrogen-bond donors (Lipinski definition) is 1. The van der Waals surface area contributed by atoms with Crippen molar-refractivity contribution >= 4 is 27.7 Å². The lowest BCUT2D eigenvalue weighted by atomic mass is 9.63. The molecule has 0 bridgehead atoms. The highest BCUT2D eigenvalue weighted by atomic mass is 79.9. The van der Waals surface area contributed by atoms with Crippen molar-refractivity contribution in [3.63, 3.8) is 0 Å². The van der Waals surface area contributed by atoms with Crippen molar-refractivity contribution in [2.45, 2.75) is 25.2 Å². The van der Waals surface area contributed by atoms with Crippen LogP contribution in [0.25, 0.3) is 0 Å². The quantitative estimate of drug-likeness (QED) is 0.790. The van der Waals surface area contributed by atoms with Crippen LogP contribution in [0.4, 0.5) is 0 Å². The number of nitrogens with zero attached hydrogens (tertiary/aromatic N) is 1. The molecule has 5 heteroatoms. The normalized spacial score (nSPS) is 30.5. The van der Waals surface area contributed by atoms with Gasteiger partial charge in [-0.3, -0.25) is 14.9 Å². The van der Waals surface area contributed by atoms with Crippen molar-refractivity contribution in [1.82, 2.24) is 10.2 Å². The highest BCUT2D eigenvalue weighted by Gasteiger charge is 2.50. The SMILES string of the molecule is CN1CCCC2(CC(=O)NC(=O)C2c2ccc(Br)cc2)C1. The molecule has 0 aliphatic carbocycles. The number of piperidine rings is 2. The fourth-order valence-electron chi connectivity index (χ4n) is 3.89. The predicted molar refractivity (Wildman–Crippen MR) is 83.8 cm³/mol. The molecule has 1 aromatic carbocycles. The van der Waals surface area contributed by atoms with E-state index in [1.165, 1.54) is 0 Å². The van der Waals surface area contributed by atoms with Gasteiger partial charge < -0.3 is 4.90 Å². The fraction of sp³-hybridized carbons (Fsp3) is 0.500. The molecular formula is C16H19BrN2O2. The van der Waals surface area contributed by atoms with E-state index in [-0.39, 0.29) is 23.1 Å². The third-order valence-electron chi connectivity index (χ3n) is 4.65. The molecule has 2 heterocycles. The van der Waals surface area contributed by atoms with Crippen LogP contribution in [0.5, 0.6) is 0 Å². The Morgan fingerprint density at radius 1 is 1.29 bits per heavy atom. The van der Waals surface area contributed by atoms with Gasteiger partial charge in [-0.2, -0.15) is 0 Å². The number of carbonyl (C=O) groups excluding carboxylic acids is 2. The third-order valence-corrected chi connectivity index (χ3v) is 5.18. The molecule has 1 spiro atoms. The average molecular weight is 351 g/mol. The van der Waals surface area contributed by atoms with Crippen molar-refractivity contribution in [2.24, 2.45) is 5.41 Å². The molecule has 2 aliphatic heterocycles. The van der Waals surface area contributed by atoms with Gasteiger partial charge in [-0.05, 0) is 44.1 Å². The molecule has 2 saturated heterocycles. The number of likely N-dealkylation sites (tertiary alicyclic amines) is 1. The lowest BCUT2D eigenvalue weighted by molar-refractivity contribution is -0.142. The topological polar surface area (TPSA) is 49.4 Å². The molecule has 0 saturated carbocycles. The van der Waals surface area contributed by atoms with Crippen LogP contribution in [0.1, 0.15) is 30.7 Å². The summed E-state index contributed by atoms with van der Waals surface area (Å²) in [6.07, 6.45) is 2.39. The van der Waals surface area contributed by atoms with E-state index in [1.54, 1.807) is 0 Å². The highest BCUT2D eigenvalue weighted by molar-refractivity contribution is 9.10. The zero-order valence-electron chi connectivity index (χ0n) is 12.1. The molecule has 112 valence electrons. The molecule has 2 fully saturated rings. The van der Waals surface area contributed by atoms with Gasteiger partial charge in [0.2, 0.25) is 11.8 Å². The summed E-state index contributed by atoms with van der Waals surface area (Å²) >= 11 is 3.43. The molecule has 3 rings (SSSR count). The molecule has 2 unspecified atom stereocenters. The minimum absolute atomic E-state index is 0.135. The summed E-state index contributed by atoms with van der Waals surface area (Å²) in [5.74, 6) is -0.529. The van der Waals surface area contributed by atoms with Crippen LogP contribution in [-0.4, -0.2) is 36.9 Å². The number of imide groups is 1. The first-order chi connectivity index (χ1) is 10.00. The van der Waals surface area contributed by atoms with Crippen LogP contribution in [0.2, 0.25) is 0 Å². The van der Waals surface area contributed by atoms with Gasteiger partial charge in [0.05, 0.1) is 5.92 Å². The van der Waals surface area contributed by atoms with Crippen LogP contribution in [0, 0.1) is 5.41 Å². The Hall–Kier alpha value is -1.20. The zero-order chi connectivity index (χ0) is 15.0. The van der Waals surface area contributed by atoms with E-state index in [0.717, 1.165) is 36.0 Å². The Labute approximate surface area is 133 Å². The third kappa shape index (κ3) is 2.77. The van der Waals surface area contributed by atoms with Gasteiger partial charge in [0, 0.05) is 22.9 Å². The van der Waals surface area contributed by atoms with Gasteiger partial charge in [-0.25, -0.2) is 0 Å². The second-order valence-corrected chi connectivity index (χ2v) is 7.19. The number of halogens is 1. The summed E-state index contributed by atoms with van der Waals surface area (Å²) in [5.41, 5.74) is 0.735. The molecular weight excluding hydrogens is 332 g/mol. The van der Waals surface area contributed by atoms with E-state index in [9.17, 15) is 9.59 Å². The highest BCUT2D eigenvalue weighted by Crippen LogP contribution is 2.47. The molecule has 2 aliphatic rings. The van der Waals surface area contributed by atoms with E-state index in [4.69, 9.17) is 0 Å². The Morgan fingerprint density at radius 2 is 2.00 bits per heavy atom. The lowest BCUT2D eigenvalue weighted by Gasteiger charge is -2.48. The molecule has 4 nitrogen and oxygen atoms in total. The van der Waals surface area contributed by atoms with Crippen molar-refractivity contribution in [2.75, 3.05) is 20.1 Å². The number of carbonyl (C=O) groups is 2. The van der Waals surface area contributed by atoms with Gasteiger partial charge in [-0.1, -0.05) is 28.1 Å². The second-order valence-electron chi connectivity index (χ2n) is 6.28.